The minimum Gasteiger partial charge on any atom is -0.381 e. The molecule has 0 radical (unpaired) electrons. The van der Waals surface area contributed by atoms with Crippen LogP contribution in [0.15, 0.2) is 24.3 Å². The van der Waals surface area contributed by atoms with Crippen molar-refractivity contribution in [3.63, 3.8) is 0 Å². The minimum absolute atomic E-state index is 0.103. The second-order valence-corrected chi connectivity index (χ2v) is 6.61. The van der Waals surface area contributed by atoms with Crippen LogP contribution in [-0.4, -0.2) is 38.1 Å². The molecular weight excluding hydrogens is 348 g/mol. The van der Waals surface area contributed by atoms with Crippen molar-refractivity contribution in [3.05, 3.63) is 40.8 Å². The summed E-state index contributed by atoms with van der Waals surface area (Å²) in [7, 11) is 0. The molecule has 126 valence electrons. The molecule has 0 saturated heterocycles. The van der Waals surface area contributed by atoms with E-state index in [1.165, 1.54) is 0 Å². The number of aromatic amines is 2. The van der Waals surface area contributed by atoms with E-state index in [1.54, 1.807) is 11.8 Å². The van der Waals surface area contributed by atoms with Crippen LogP contribution < -0.4 is 11.1 Å². The smallest absolute Gasteiger partial charge is 0.271 e. The Labute approximate surface area is 147 Å². The molecule has 3 aromatic rings. The Bertz CT molecular complexity index is 828. The van der Waals surface area contributed by atoms with Gasteiger partial charge in [0.1, 0.15) is 16.5 Å². The Morgan fingerprint density at radius 2 is 2.25 bits per heavy atom. The monoisotopic (exact) mass is 364 g/mol. The number of rotatable bonds is 6. The van der Waals surface area contributed by atoms with Gasteiger partial charge in [-0.15, -0.1) is 0 Å². The number of amides is 1. The second-order valence-electron chi connectivity index (χ2n) is 5.24. The predicted molar refractivity (Wildman–Crippen MR) is 97.3 cm³/mol. The van der Waals surface area contributed by atoms with Gasteiger partial charge in [0.05, 0.1) is 17.1 Å². The number of anilines is 1. The molecule has 1 amide bonds. The number of hydrogen-bond donors (Lipinski definition) is 4. The van der Waals surface area contributed by atoms with E-state index in [0.29, 0.717) is 5.82 Å². The first-order valence-electron chi connectivity index (χ1n) is 7.34. The van der Waals surface area contributed by atoms with Gasteiger partial charge in [0.25, 0.3) is 5.91 Å². The fraction of sp³-hybridized carbons (Fsp3) is 0.267. The number of hydrogen-bond acceptors (Lipinski definition) is 5. The van der Waals surface area contributed by atoms with E-state index >= 15 is 0 Å². The molecule has 9 heteroatoms. The van der Waals surface area contributed by atoms with Gasteiger partial charge < -0.3 is 16.0 Å². The number of nitrogens with zero attached hydrogens (tertiary/aromatic N) is 2. The number of benzene rings is 1. The van der Waals surface area contributed by atoms with Crippen molar-refractivity contribution in [2.45, 2.75) is 12.5 Å². The van der Waals surface area contributed by atoms with Gasteiger partial charge in [-0.1, -0.05) is 23.7 Å². The number of aromatic nitrogens is 4. The Balaban J connectivity index is 1.85. The van der Waals surface area contributed by atoms with Crippen molar-refractivity contribution in [2.24, 2.45) is 0 Å². The molecule has 0 bridgehead atoms. The number of nitrogen functional groups attached to an aromatic ring is 1. The van der Waals surface area contributed by atoms with Crippen LogP contribution in [0, 0.1) is 0 Å². The Kier molecular flexibility index (Phi) is 4.96. The fourth-order valence-electron chi connectivity index (χ4n) is 2.37. The summed E-state index contributed by atoms with van der Waals surface area (Å²) in [5.41, 5.74) is 7.52. The van der Waals surface area contributed by atoms with Gasteiger partial charge in [-0.05, 0) is 30.6 Å². The van der Waals surface area contributed by atoms with E-state index in [-0.39, 0.29) is 28.5 Å². The molecule has 0 unspecified atom stereocenters. The number of imidazole rings is 1. The maximum atomic E-state index is 12.5. The van der Waals surface area contributed by atoms with Crippen molar-refractivity contribution < 1.29 is 4.79 Å². The second kappa shape index (κ2) is 7.14. The number of para-hydroxylation sites is 2. The highest BCUT2D eigenvalue weighted by Crippen LogP contribution is 2.23. The maximum Gasteiger partial charge on any atom is 0.271 e. The van der Waals surface area contributed by atoms with Crippen molar-refractivity contribution in [2.75, 3.05) is 17.7 Å². The molecule has 3 rings (SSSR count). The van der Waals surface area contributed by atoms with Crippen molar-refractivity contribution in [1.29, 1.82) is 0 Å². The first-order valence-corrected chi connectivity index (χ1v) is 9.11. The van der Waals surface area contributed by atoms with Gasteiger partial charge in [0.15, 0.2) is 5.82 Å². The van der Waals surface area contributed by atoms with Crippen molar-refractivity contribution in [1.82, 2.24) is 25.5 Å². The average Bonchev–Trinajstić information content (AvgIpc) is 3.15. The predicted octanol–water partition coefficient (Wildman–Crippen LogP) is 2.75. The van der Waals surface area contributed by atoms with Gasteiger partial charge in [0, 0.05) is 0 Å². The van der Waals surface area contributed by atoms with Crippen LogP contribution in [0.4, 0.5) is 5.82 Å². The van der Waals surface area contributed by atoms with E-state index in [1.807, 2.05) is 30.5 Å². The van der Waals surface area contributed by atoms with E-state index in [4.69, 9.17) is 17.3 Å². The summed E-state index contributed by atoms with van der Waals surface area (Å²) in [6.07, 6.45) is 2.75. The maximum absolute atomic E-state index is 12.5. The van der Waals surface area contributed by atoms with E-state index in [2.05, 4.69) is 25.5 Å². The summed E-state index contributed by atoms with van der Waals surface area (Å²) < 4.78 is 0. The fourth-order valence-corrected chi connectivity index (χ4v) is 3.02. The summed E-state index contributed by atoms with van der Waals surface area (Å²) >= 11 is 7.70. The van der Waals surface area contributed by atoms with E-state index in [0.717, 1.165) is 23.2 Å². The van der Waals surface area contributed by atoms with Crippen LogP contribution in [0.1, 0.15) is 28.8 Å². The largest absolute Gasteiger partial charge is 0.381 e. The number of fused-ring (bicyclic) bond motifs is 1. The molecule has 0 saturated carbocycles. The third-order valence-corrected chi connectivity index (χ3v) is 4.64. The van der Waals surface area contributed by atoms with Crippen LogP contribution in [0.25, 0.3) is 11.0 Å². The lowest BCUT2D eigenvalue weighted by Crippen LogP contribution is -2.30. The van der Waals surface area contributed by atoms with Crippen LogP contribution in [0.2, 0.25) is 5.02 Å². The molecule has 0 aliphatic heterocycles. The molecule has 1 atom stereocenters. The van der Waals surface area contributed by atoms with Crippen LogP contribution in [0.3, 0.4) is 0 Å². The lowest BCUT2D eigenvalue weighted by molar-refractivity contribution is 0.0929. The first-order chi connectivity index (χ1) is 11.6. The molecule has 2 aromatic heterocycles. The zero-order valence-electron chi connectivity index (χ0n) is 13.0. The van der Waals surface area contributed by atoms with Gasteiger partial charge in [0.2, 0.25) is 0 Å². The molecule has 24 heavy (non-hydrogen) atoms. The standard InChI is InChI=1S/C15H17ClN6OS/c1-24-7-6-10(14-18-8-4-2-3-5-9(8)19-14)20-15(23)12-11(16)13(17)22-21-12/h2-5,10H,6-7H2,1H3,(H,18,19)(H,20,23)(H3,17,21,22)/t10-/m1/s1. The van der Waals surface area contributed by atoms with Gasteiger partial charge >= 0.3 is 0 Å². The number of halogens is 1. The summed E-state index contributed by atoms with van der Waals surface area (Å²) in [4.78, 5) is 20.3. The summed E-state index contributed by atoms with van der Waals surface area (Å²) in [5, 5.41) is 9.37. The number of H-pyrrole nitrogens is 2. The molecule has 1 aromatic carbocycles. The SMILES string of the molecule is CSCC[C@@H](NC(=O)c1[nH]nc(N)c1Cl)c1nc2ccccc2[nH]1. The molecule has 5 N–H and O–H groups in total. The van der Waals surface area contributed by atoms with Crippen molar-refractivity contribution >= 4 is 46.1 Å². The molecule has 0 spiro atoms. The highest BCUT2D eigenvalue weighted by Gasteiger charge is 2.22. The topological polar surface area (TPSA) is 112 Å². The lowest BCUT2D eigenvalue weighted by atomic mass is 10.2. The van der Waals surface area contributed by atoms with E-state index < -0.39 is 0 Å². The summed E-state index contributed by atoms with van der Waals surface area (Å²) in [6, 6.07) is 7.47. The first kappa shape index (κ1) is 16.7. The zero-order chi connectivity index (χ0) is 17.1. The lowest BCUT2D eigenvalue weighted by Gasteiger charge is -2.15. The Hall–Kier alpha value is -2.19. The zero-order valence-corrected chi connectivity index (χ0v) is 14.5. The average molecular weight is 365 g/mol. The van der Waals surface area contributed by atoms with Crippen LogP contribution >= 0.6 is 23.4 Å². The number of carbonyl (C=O) groups is 1. The molecule has 2 heterocycles. The molecular formula is C15H17ClN6OS. The van der Waals surface area contributed by atoms with Gasteiger partial charge in [-0.25, -0.2) is 4.98 Å². The summed E-state index contributed by atoms with van der Waals surface area (Å²) in [6.45, 7) is 0. The molecule has 7 nitrogen and oxygen atoms in total. The number of nitrogens with two attached hydrogens (primary N) is 1. The third-order valence-electron chi connectivity index (χ3n) is 3.61. The number of thioether (sulfide) groups is 1. The Morgan fingerprint density at radius 1 is 1.46 bits per heavy atom. The number of nitrogens with one attached hydrogen (secondary N) is 3. The van der Waals surface area contributed by atoms with Gasteiger partial charge in [-0.3, -0.25) is 9.89 Å². The third kappa shape index (κ3) is 3.34. The van der Waals surface area contributed by atoms with Gasteiger partial charge in [-0.2, -0.15) is 16.9 Å². The van der Waals surface area contributed by atoms with Crippen LogP contribution in [-0.2, 0) is 0 Å². The number of carbonyl (C=O) groups excluding carboxylic acids is 1. The van der Waals surface area contributed by atoms with E-state index in [9.17, 15) is 4.79 Å². The molecule has 0 fully saturated rings. The Morgan fingerprint density at radius 3 is 2.92 bits per heavy atom. The normalized spacial score (nSPS) is 12.4. The summed E-state index contributed by atoms with van der Waals surface area (Å²) in [5.74, 6) is 1.32. The highest BCUT2D eigenvalue weighted by atomic mass is 35.5. The van der Waals surface area contributed by atoms with Crippen LogP contribution in [0.5, 0.6) is 0 Å². The highest BCUT2D eigenvalue weighted by molar-refractivity contribution is 7.98. The van der Waals surface area contributed by atoms with Crippen molar-refractivity contribution in [3.8, 4) is 0 Å². The quantitative estimate of drug-likeness (QED) is 0.537. The minimum atomic E-state index is -0.365. The molecule has 0 aliphatic rings. The molecule has 0 aliphatic carbocycles.